The Hall–Kier alpha value is 0.805. The van der Waals surface area contributed by atoms with E-state index in [1.54, 1.807) is 24.0 Å². The Balaban J connectivity index is -0.000000344. The van der Waals surface area contributed by atoms with Gasteiger partial charge in [-0.1, -0.05) is 128 Å². The van der Waals surface area contributed by atoms with E-state index in [-0.39, 0.29) is 46.0 Å². The van der Waals surface area contributed by atoms with Crippen molar-refractivity contribution in [3.63, 3.8) is 0 Å². The summed E-state index contributed by atoms with van der Waals surface area (Å²) >= 11 is 32.6. The van der Waals surface area contributed by atoms with Gasteiger partial charge in [0.2, 0.25) is 0 Å². The van der Waals surface area contributed by atoms with Crippen molar-refractivity contribution in [2.24, 2.45) is 4.30 Å². The van der Waals surface area contributed by atoms with Crippen molar-refractivity contribution in [1.29, 1.82) is 0 Å². The molecule has 0 bridgehead atoms. The maximum absolute atomic E-state index is 10.7. The Morgan fingerprint density at radius 3 is 1.32 bits per heavy atom. The summed E-state index contributed by atoms with van der Waals surface area (Å²) in [7, 11) is 2.81. The molecule has 102 heavy (non-hydrogen) atoms. The van der Waals surface area contributed by atoms with Crippen LogP contribution in [0.25, 0.3) is 0 Å². The van der Waals surface area contributed by atoms with Crippen LogP contribution in [-0.4, -0.2) is 78.7 Å². The van der Waals surface area contributed by atoms with Gasteiger partial charge in [0.1, 0.15) is 0 Å². The molecule has 589 valence electrons. The van der Waals surface area contributed by atoms with Crippen LogP contribution in [0.2, 0.25) is 0 Å². The van der Waals surface area contributed by atoms with E-state index in [4.69, 9.17) is 41.8 Å². The number of thiophene rings is 7. The Bertz CT molecular complexity index is 3130. The predicted molar refractivity (Wildman–Crippen MR) is 474 cm³/mol. The zero-order chi connectivity index (χ0) is 74.4. The third kappa shape index (κ3) is 44.7. The molecule has 10 heterocycles. The minimum absolute atomic E-state index is 0. The fourth-order valence-electron chi connectivity index (χ4n) is 9.68. The molecular weight excluding hydrogens is 1900 g/mol. The molecule has 10 rings (SSSR count). The summed E-state index contributed by atoms with van der Waals surface area (Å²) < 4.78 is 93.9. The molecule has 0 aromatic carbocycles. The van der Waals surface area contributed by atoms with E-state index < -0.39 is 15.6 Å². The zero-order valence-electron chi connectivity index (χ0n) is 60.4. The molecule has 0 spiro atoms. The first-order valence-corrected chi connectivity index (χ1v) is 44.9. The monoisotopic (exact) mass is 2010 g/mol. The van der Waals surface area contributed by atoms with E-state index in [1.165, 1.54) is 166 Å². The van der Waals surface area contributed by atoms with Gasteiger partial charge in [-0.15, -0.1) is 104 Å². The molecule has 0 saturated carbocycles. The average Bonchev–Trinajstić information content (AvgIpc) is 1.66. The van der Waals surface area contributed by atoms with Crippen molar-refractivity contribution >= 4 is 221 Å². The topological polar surface area (TPSA) is 133 Å². The summed E-state index contributed by atoms with van der Waals surface area (Å²) in [5, 5.41) is 13.7. The number of fused-ring (bicyclic) bond motifs is 3. The Morgan fingerprint density at radius 2 is 1.00 bits per heavy atom. The molecular formula is C72H115BBr4Cl2F3INO9S9. The number of aryl methyl sites for hydroxylation is 7. The summed E-state index contributed by atoms with van der Waals surface area (Å²) in [4.78, 5) is 10.6. The summed E-state index contributed by atoms with van der Waals surface area (Å²) in [6.45, 7) is 29.0. The first kappa shape index (κ1) is 111. The number of hydrogen-bond donors (Lipinski definition) is 3. The quantitative estimate of drug-likeness (QED) is 0.0192. The normalized spacial score (nSPS) is 14.1. The standard InChI is InChI=1S/C11H15BrOS.2C11H16OS.C8H11BrS.C7H8BrIS.C7H9BrS.C7H10S.C6H14O2.CHF3O3S.CH4O.2CH4.BHNS.2ClH/c1-3-4-8-10-7(2)11(12)14-9(10)5-6-13-8;2*1-3-4-9-11-8(2)7-13-10(11)5-6-12-9;1-3-4-7-5-6(2)8(9)10-7;1-2-3-5-4-6(9)7(8)10-5;1-2-3-6-4-5-7(8)9-6;1-2-4-7-5-3-6-8-7;1-4-5-6(7-2)8-3;2-1(3,4)8(5,6)7;1-2;;;1-2-3;;/h8H,3-6H2,1-2H3;2*7,9H,3-6H2,1-2H3;5H,3-4H2,1-2H3;4H,2-3H2,1H3;4-5H,2-3H2,1H3;3,5-6H,2,4H2,1H3;6H,4-5H2,1-3H3;(H,5,6,7);2H,1H3;2*1H4;3H;2*1H. The molecule has 0 aliphatic carbocycles. The molecule has 3 aliphatic rings. The van der Waals surface area contributed by atoms with Gasteiger partial charge in [-0.05, 0) is 251 Å². The van der Waals surface area contributed by atoms with Gasteiger partial charge in [0.15, 0.2) is 6.29 Å². The van der Waals surface area contributed by atoms with E-state index in [9.17, 15) is 13.2 Å². The van der Waals surface area contributed by atoms with Crippen LogP contribution in [0.15, 0.2) is 72.0 Å². The van der Waals surface area contributed by atoms with E-state index in [1.807, 2.05) is 79.4 Å². The van der Waals surface area contributed by atoms with Gasteiger partial charge in [0.05, 0.1) is 53.3 Å². The van der Waals surface area contributed by atoms with E-state index >= 15 is 0 Å². The molecule has 1 radical (unpaired) electrons. The molecule has 0 saturated heterocycles. The summed E-state index contributed by atoms with van der Waals surface area (Å²) in [5.41, 5.74) is 4.55. The third-order valence-corrected chi connectivity index (χ3v) is 28.0. The number of alkyl halides is 3. The number of ether oxygens (including phenoxy) is 5. The second-order valence-corrected chi connectivity index (χ2v) is 37.7. The van der Waals surface area contributed by atoms with Gasteiger partial charge in [0, 0.05) is 78.3 Å². The molecule has 0 fully saturated rings. The van der Waals surface area contributed by atoms with Crippen molar-refractivity contribution in [2.45, 2.75) is 250 Å². The van der Waals surface area contributed by atoms with Crippen molar-refractivity contribution in [2.75, 3.05) is 41.2 Å². The number of thiol groups is 1. The molecule has 0 amide bonds. The van der Waals surface area contributed by atoms with Gasteiger partial charge in [-0.25, -0.2) is 0 Å². The van der Waals surface area contributed by atoms with E-state index in [0.717, 1.165) is 65.5 Å². The number of rotatable bonds is 18. The Morgan fingerprint density at radius 1 is 0.598 bits per heavy atom. The number of hydrogen-bond acceptors (Lipinski definition) is 17. The first-order valence-electron chi connectivity index (χ1n) is 32.9. The number of methoxy groups -OCH3 is 2. The van der Waals surface area contributed by atoms with Crippen molar-refractivity contribution in [3.8, 4) is 0 Å². The van der Waals surface area contributed by atoms with E-state index in [2.05, 4.69) is 247 Å². The second kappa shape index (κ2) is 65.4. The Labute approximate surface area is 707 Å². The summed E-state index contributed by atoms with van der Waals surface area (Å²) in [5.74, 6) is 0. The van der Waals surface area contributed by atoms with Crippen LogP contribution in [0.3, 0.4) is 0 Å². The van der Waals surface area contributed by atoms with Crippen molar-refractivity contribution in [3.05, 3.63) is 144 Å². The van der Waals surface area contributed by atoms with Crippen LogP contribution in [0.4, 0.5) is 13.2 Å². The zero-order valence-corrected chi connectivity index (χ0v) is 78.0. The minimum atomic E-state index is -5.84. The average molecular weight is 2010 g/mol. The number of halogens is 10. The van der Waals surface area contributed by atoms with Crippen LogP contribution >= 0.6 is 203 Å². The van der Waals surface area contributed by atoms with Crippen LogP contribution in [0.5, 0.6) is 0 Å². The second-order valence-electron chi connectivity index (χ2n) is 22.1. The first-order chi connectivity index (χ1) is 46.6. The summed E-state index contributed by atoms with van der Waals surface area (Å²) in [6.07, 6.45) is 23.5. The van der Waals surface area contributed by atoms with Crippen LogP contribution < -0.4 is 0 Å². The van der Waals surface area contributed by atoms with Crippen molar-refractivity contribution in [1.82, 2.24) is 0 Å². The Kier molecular flexibility index (Phi) is 71.4. The van der Waals surface area contributed by atoms with Crippen LogP contribution in [0.1, 0.15) is 239 Å². The number of aliphatic hydroxyl groups is 1. The predicted octanol–water partition coefficient (Wildman–Crippen LogP) is 28.9. The number of aliphatic hydroxyl groups excluding tert-OH is 1. The van der Waals surface area contributed by atoms with Gasteiger partial charge in [-0.2, -0.15) is 21.6 Å². The van der Waals surface area contributed by atoms with Crippen LogP contribution in [-0.2, 0) is 78.7 Å². The molecule has 30 heteroatoms. The molecule has 10 nitrogen and oxygen atoms in total. The van der Waals surface area contributed by atoms with Gasteiger partial charge >= 0.3 is 40.4 Å². The third-order valence-electron chi connectivity index (χ3n) is 14.1. The molecule has 7 aromatic heterocycles. The molecule has 2 N–H and O–H groups in total. The summed E-state index contributed by atoms with van der Waals surface area (Å²) in [6, 6.07) is 13.1. The molecule has 3 unspecified atom stereocenters. The number of nitrogens with zero attached hydrogens (tertiary/aromatic N) is 1. The fraction of sp³-hybridized carbons (Fsp3) is 0.611. The van der Waals surface area contributed by atoms with Crippen molar-refractivity contribution < 1.29 is 54.9 Å². The molecule has 3 aliphatic heterocycles. The van der Waals surface area contributed by atoms with Gasteiger partial charge in [0.25, 0.3) is 0 Å². The van der Waals surface area contributed by atoms with E-state index in [0.29, 0.717) is 18.3 Å². The molecule has 3 atom stereocenters. The SMILES string of the molecule is C.C.CCCC(OC)OC.CCCC1OCCc2sc(Br)c(C)c21.CCCC1OCCc2scc(C)c21.CCCC1OCCc2scc(C)c21.CCCc1cc(C)c(Br)s1.CCCc1cc(I)c(Br)s1.CCCc1ccc(Br)s1.CCCc1cccs1.CO.Cl.Cl.O=S(=O)(O)C(F)(F)F.[B]=NS. The van der Waals surface area contributed by atoms with Gasteiger partial charge < -0.3 is 28.8 Å². The van der Waals surface area contributed by atoms with Gasteiger partial charge in [-0.3, -0.25) is 4.55 Å². The fourth-order valence-corrected chi connectivity index (χ4v) is 20.3. The maximum atomic E-state index is 10.7. The van der Waals surface area contributed by atoms with Crippen LogP contribution in [0, 0.1) is 31.3 Å². The molecule has 7 aromatic rings.